The Morgan fingerprint density at radius 1 is 1.00 bits per heavy atom. The molecule has 4 saturated carbocycles. The Morgan fingerprint density at radius 2 is 1.61 bits per heavy atom. The number of amides is 2. The van der Waals surface area contributed by atoms with Crippen molar-refractivity contribution in [3.8, 4) is 5.75 Å². The van der Waals surface area contributed by atoms with Gasteiger partial charge >= 0.3 is 0 Å². The van der Waals surface area contributed by atoms with Crippen LogP contribution < -0.4 is 15.5 Å². The van der Waals surface area contributed by atoms with Crippen molar-refractivity contribution < 1.29 is 32.7 Å². The first-order chi connectivity index (χ1) is 17.3. The van der Waals surface area contributed by atoms with E-state index in [0.29, 0.717) is 37.2 Å². The molecule has 3 N–H and O–H groups in total. The SMILES string of the molecule is O=C(NCCCOc1ccc(S(=O)(=O)C2(C(=O)NO)CCOCC2)cc1)C1C2CC3CC(C2)CC1C3. The van der Waals surface area contributed by atoms with Crippen LogP contribution in [-0.2, 0) is 24.2 Å². The number of carbonyl (C=O) groups is 2. The maximum absolute atomic E-state index is 13.3. The average molecular weight is 521 g/mol. The van der Waals surface area contributed by atoms with Crippen LogP contribution in [-0.4, -0.2) is 56.6 Å². The lowest BCUT2D eigenvalue weighted by molar-refractivity contribution is -0.138. The van der Waals surface area contributed by atoms with E-state index in [1.165, 1.54) is 49.7 Å². The molecule has 1 aromatic carbocycles. The molecule has 0 atom stereocenters. The van der Waals surface area contributed by atoms with E-state index >= 15 is 0 Å². The van der Waals surface area contributed by atoms with Crippen molar-refractivity contribution in [2.24, 2.45) is 29.6 Å². The third-order valence-electron chi connectivity index (χ3n) is 8.88. The van der Waals surface area contributed by atoms with E-state index in [1.807, 2.05) is 0 Å². The summed E-state index contributed by atoms with van der Waals surface area (Å²) in [5, 5.41) is 12.3. The summed E-state index contributed by atoms with van der Waals surface area (Å²) in [6.45, 7) is 1.18. The summed E-state index contributed by atoms with van der Waals surface area (Å²) in [6.07, 6.45) is 6.85. The van der Waals surface area contributed by atoms with Gasteiger partial charge in [-0.1, -0.05) is 0 Å². The van der Waals surface area contributed by atoms with Crippen molar-refractivity contribution in [3.05, 3.63) is 24.3 Å². The number of rotatable bonds is 9. The lowest BCUT2D eigenvalue weighted by Gasteiger charge is -2.53. The highest BCUT2D eigenvalue weighted by Gasteiger charge is 2.52. The smallest absolute Gasteiger partial charge is 0.265 e. The summed E-state index contributed by atoms with van der Waals surface area (Å²) in [4.78, 5) is 25.2. The molecule has 9 nitrogen and oxygen atoms in total. The number of hydrogen-bond donors (Lipinski definition) is 3. The van der Waals surface area contributed by atoms with Gasteiger partial charge in [0.15, 0.2) is 14.6 Å². The predicted molar refractivity (Wildman–Crippen MR) is 130 cm³/mol. The van der Waals surface area contributed by atoms with E-state index in [1.54, 1.807) is 12.1 Å². The molecular formula is C26H36N2O7S. The minimum atomic E-state index is -4.06. The van der Waals surface area contributed by atoms with Crippen molar-refractivity contribution >= 4 is 21.7 Å². The van der Waals surface area contributed by atoms with E-state index in [9.17, 15) is 18.0 Å². The zero-order valence-electron chi connectivity index (χ0n) is 20.5. The van der Waals surface area contributed by atoms with Crippen LogP contribution in [0.2, 0.25) is 0 Å². The number of sulfone groups is 1. The van der Waals surface area contributed by atoms with E-state index < -0.39 is 20.5 Å². The molecule has 0 spiro atoms. The number of carbonyl (C=O) groups excluding carboxylic acids is 2. The fourth-order valence-electron chi connectivity index (χ4n) is 7.31. The number of ether oxygens (including phenoxy) is 2. The van der Waals surface area contributed by atoms with Crippen LogP contribution in [0.4, 0.5) is 0 Å². The Labute approximate surface area is 212 Å². The summed E-state index contributed by atoms with van der Waals surface area (Å²) in [7, 11) is -4.06. The molecular weight excluding hydrogens is 484 g/mol. The summed E-state index contributed by atoms with van der Waals surface area (Å²) < 4.78 is 35.8. The molecule has 1 aliphatic heterocycles. The molecule has 0 aromatic heterocycles. The van der Waals surface area contributed by atoms with E-state index in [0.717, 1.165) is 11.8 Å². The zero-order valence-corrected chi connectivity index (χ0v) is 21.3. The molecule has 0 unspecified atom stereocenters. The highest BCUT2D eigenvalue weighted by molar-refractivity contribution is 7.93. The molecule has 0 radical (unpaired) electrons. The molecule has 5 fully saturated rings. The largest absolute Gasteiger partial charge is 0.494 e. The van der Waals surface area contributed by atoms with E-state index in [-0.39, 0.29) is 42.8 Å². The summed E-state index contributed by atoms with van der Waals surface area (Å²) in [5.41, 5.74) is 1.52. The second-order valence-corrected chi connectivity index (χ2v) is 13.2. The molecule has 6 rings (SSSR count). The van der Waals surface area contributed by atoms with Gasteiger partial charge in [0, 0.05) is 25.7 Å². The van der Waals surface area contributed by atoms with Crippen LogP contribution in [0.25, 0.3) is 0 Å². The second kappa shape index (κ2) is 10.3. The maximum atomic E-state index is 13.3. The van der Waals surface area contributed by atoms with Crippen LogP contribution in [0.1, 0.15) is 51.4 Å². The summed E-state index contributed by atoms with van der Waals surface area (Å²) >= 11 is 0. The Hall–Kier alpha value is -2.17. The normalized spacial score (nSPS) is 30.5. The van der Waals surface area contributed by atoms with Gasteiger partial charge in [0.05, 0.1) is 11.5 Å². The Morgan fingerprint density at radius 3 is 2.19 bits per heavy atom. The van der Waals surface area contributed by atoms with Crippen molar-refractivity contribution in [1.29, 1.82) is 0 Å². The molecule has 2 amide bonds. The minimum Gasteiger partial charge on any atom is -0.494 e. The van der Waals surface area contributed by atoms with Crippen LogP contribution in [0.3, 0.4) is 0 Å². The second-order valence-electron chi connectivity index (χ2n) is 11.0. The van der Waals surface area contributed by atoms with E-state index in [2.05, 4.69) is 5.32 Å². The molecule has 1 saturated heterocycles. The predicted octanol–water partition coefficient (Wildman–Crippen LogP) is 2.47. The van der Waals surface area contributed by atoms with Gasteiger partial charge in [-0.2, -0.15) is 0 Å². The summed E-state index contributed by atoms with van der Waals surface area (Å²) in [6, 6.07) is 5.95. The Kier molecular flexibility index (Phi) is 7.29. The highest BCUT2D eigenvalue weighted by Crippen LogP contribution is 2.56. The Bertz CT molecular complexity index is 1040. The van der Waals surface area contributed by atoms with Crippen LogP contribution >= 0.6 is 0 Å². The minimum absolute atomic E-state index is 0.0109. The van der Waals surface area contributed by atoms with Gasteiger partial charge in [-0.3, -0.25) is 14.8 Å². The number of hydroxylamine groups is 1. The summed E-state index contributed by atoms with van der Waals surface area (Å²) in [5.74, 6) is 2.77. The van der Waals surface area contributed by atoms with Crippen LogP contribution in [0.5, 0.6) is 5.75 Å². The number of benzene rings is 1. The van der Waals surface area contributed by atoms with E-state index in [4.69, 9.17) is 14.7 Å². The van der Waals surface area contributed by atoms with Gasteiger partial charge in [0.1, 0.15) is 5.75 Å². The van der Waals surface area contributed by atoms with Crippen molar-refractivity contribution in [2.45, 2.75) is 61.0 Å². The van der Waals surface area contributed by atoms with Crippen LogP contribution in [0.15, 0.2) is 29.2 Å². The molecule has 5 aliphatic rings. The quantitative estimate of drug-likeness (QED) is 0.259. The average Bonchev–Trinajstić information content (AvgIpc) is 2.88. The first kappa shape index (κ1) is 25.5. The third kappa shape index (κ3) is 4.63. The molecule has 1 aromatic rings. The highest BCUT2D eigenvalue weighted by atomic mass is 32.2. The zero-order chi connectivity index (χ0) is 25.3. The van der Waals surface area contributed by atoms with Crippen molar-refractivity contribution in [2.75, 3.05) is 26.4 Å². The molecule has 36 heavy (non-hydrogen) atoms. The van der Waals surface area contributed by atoms with Gasteiger partial charge < -0.3 is 14.8 Å². The topological polar surface area (TPSA) is 131 Å². The molecule has 198 valence electrons. The number of nitrogens with one attached hydrogen (secondary N) is 2. The van der Waals surface area contributed by atoms with Gasteiger partial charge in [0.25, 0.3) is 5.91 Å². The fourth-order valence-corrected chi connectivity index (χ4v) is 9.25. The van der Waals surface area contributed by atoms with Gasteiger partial charge in [-0.25, -0.2) is 13.9 Å². The van der Waals surface area contributed by atoms with Gasteiger partial charge in [-0.05, 0) is 99.3 Å². The number of hydrogen-bond acceptors (Lipinski definition) is 7. The first-order valence-electron chi connectivity index (χ1n) is 13.1. The standard InChI is InChI=1S/C26H36N2O7S/c29-24(23-19-13-17-12-18(15-19)16-20(23)14-17)27-8-1-9-35-21-2-4-22(5-3-21)36(32,33)26(25(30)28-31)6-10-34-11-7-26/h2-5,17-20,23,31H,1,6-16H2,(H,27,29)(H,28,30). The van der Waals surface area contributed by atoms with Crippen molar-refractivity contribution in [1.82, 2.24) is 10.8 Å². The third-order valence-corrected chi connectivity index (χ3v) is 11.4. The first-order valence-corrected chi connectivity index (χ1v) is 14.6. The van der Waals surface area contributed by atoms with Crippen LogP contribution in [0, 0.1) is 29.6 Å². The molecule has 1 heterocycles. The molecule has 4 bridgehead atoms. The fraction of sp³-hybridized carbons (Fsp3) is 0.692. The van der Waals surface area contributed by atoms with Gasteiger partial charge in [-0.15, -0.1) is 0 Å². The lowest BCUT2D eigenvalue weighted by atomic mass is 9.51. The maximum Gasteiger partial charge on any atom is 0.265 e. The molecule has 4 aliphatic carbocycles. The molecule has 10 heteroatoms. The lowest BCUT2D eigenvalue weighted by Crippen LogP contribution is -2.54. The van der Waals surface area contributed by atoms with Gasteiger partial charge in [0.2, 0.25) is 5.91 Å². The monoisotopic (exact) mass is 520 g/mol. The Balaban J connectivity index is 1.10. The van der Waals surface area contributed by atoms with Crippen molar-refractivity contribution in [3.63, 3.8) is 0 Å².